The molecule has 0 unspecified atom stereocenters. The van der Waals surface area contributed by atoms with E-state index in [1.165, 1.54) is 11.9 Å². The summed E-state index contributed by atoms with van der Waals surface area (Å²) in [5, 5.41) is 0. The Balaban J connectivity index is 2.37. The minimum atomic E-state index is 0.306. The predicted molar refractivity (Wildman–Crippen MR) is 25.5 cm³/mol. The standard InChI is InChI=1S/C3H5NOS/c5-3-1-4-6-2-3/h4H,1-2H2. The number of hydrogen-bond acceptors (Lipinski definition) is 3. The van der Waals surface area contributed by atoms with Crippen molar-refractivity contribution in [3.63, 3.8) is 0 Å². The average Bonchev–Trinajstić information content (AvgIpc) is 1.86. The Labute approximate surface area is 40.4 Å². The van der Waals surface area contributed by atoms with E-state index >= 15 is 0 Å². The van der Waals surface area contributed by atoms with Gasteiger partial charge in [-0.25, -0.2) is 0 Å². The van der Waals surface area contributed by atoms with Crippen molar-refractivity contribution in [3.05, 3.63) is 0 Å². The quantitative estimate of drug-likeness (QED) is 0.431. The van der Waals surface area contributed by atoms with Gasteiger partial charge < -0.3 is 0 Å². The highest BCUT2D eigenvalue weighted by atomic mass is 32.2. The Bertz CT molecular complexity index is 65.2. The Kier molecular flexibility index (Phi) is 1.12. The molecule has 1 aliphatic rings. The zero-order chi connectivity index (χ0) is 4.41. The lowest BCUT2D eigenvalue weighted by Crippen LogP contribution is -2.04. The van der Waals surface area contributed by atoms with Crippen molar-refractivity contribution in [1.82, 2.24) is 4.72 Å². The molecule has 1 saturated heterocycles. The fourth-order valence-electron chi connectivity index (χ4n) is 0.314. The van der Waals surface area contributed by atoms with Crippen molar-refractivity contribution < 1.29 is 4.79 Å². The van der Waals surface area contributed by atoms with E-state index in [2.05, 4.69) is 4.72 Å². The first-order chi connectivity index (χ1) is 2.89. The van der Waals surface area contributed by atoms with Crippen LogP contribution in [0, 0.1) is 0 Å². The Morgan fingerprint density at radius 3 is 2.83 bits per heavy atom. The summed E-state index contributed by atoms with van der Waals surface area (Å²) in [4.78, 5) is 10.2. The smallest absolute Gasteiger partial charge is 0.158 e. The Morgan fingerprint density at radius 2 is 2.67 bits per heavy atom. The second-order valence-electron chi connectivity index (χ2n) is 1.15. The van der Waals surface area contributed by atoms with E-state index in [0.29, 0.717) is 18.1 Å². The monoisotopic (exact) mass is 103 g/mol. The molecule has 0 aliphatic carbocycles. The van der Waals surface area contributed by atoms with Crippen LogP contribution in [0.25, 0.3) is 0 Å². The van der Waals surface area contributed by atoms with Gasteiger partial charge in [-0.05, 0) is 0 Å². The molecular formula is C3H5NOS. The fraction of sp³-hybridized carbons (Fsp3) is 0.667. The molecule has 2 nitrogen and oxygen atoms in total. The zero-order valence-electron chi connectivity index (χ0n) is 3.23. The fourth-order valence-corrected chi connectivity index (χ4v) is 0.942. The van der Waals surface area contributed by atoms with Crippen molar-refractivity contribution in [3.8, 4) is 0 Å². The molecule has 1 fully saturated rings. The summed E-state index contributed by atoms with van der Waals surface area (Å²) in [6.07, 6.45) is 0. The third-order valence-corrected chi connectivity index (χ3v) is 1.42. The first kappa shape index (κ1) is 4.15. The van der Waals surface area contributed by atoms with Crippen LogP contribution in [-0.4, -0.2) is 18.1 Å². The van der Waals surface area contributed by atoms with Gasteiger partial charge >= 0.3 is 0 Å². The molecule has 0 amide bonds. The average molecular weight is 103 g/mol. The van der Waals surface area contributed by atoms with Crippen molar-refractivity contribution in [1.29, 1.82) is 0 Å². The van der Waals surface area contributed by atoms with Crippen molar-refractivity contribution in [2.45, 2.75) is 0 Å². The van der Waals surface area contributed by atoms with Gasteiger partial charge in [0.15, 0.2) is 5.78 Å². The summed E-state index contributed by atoms with van der Waals surface area (Å²) >= 11 is 1.48. The van der Waals surface area contributed by atoms with E-state index in [1.807, 2.05) is 0 Å². The topological polar surface area (TPSA) is 29.1 Å². The molecule has 0 bridgehead atoms. The molecular weight excluding hydrogens is 98.1 g/mol. The summed E-state index contributed by atoms with van der Waals surface area (Å²) in [6, 6.07) is 0. The van der Waals surface area contributed by atoms with E-state index in [9.17, 15) is 4.79 Å². The summed E-state index contributed by atoms with van der Waals surface area (Å²) < 4.78 is 2.84. The van der Waals surface area contributed by atoms with E-state index < -0.39 is 0 Å². The van der Waals surface area contributed by atoms with Gasteiger partial charge in [-0.1, -0.05) is 11.9 Å². The molecule has 0 saturated carbocycles. The lowest BCUT2D eigenvalue weighted by Gasteiger charge is -1.73. The number of hydrogen-bond donors (Lipinski definition) is 1. The minimum Gasteiger partial charge on any atom is -0.297 e. The summed E-state index contributed by atoms with van der Waals surface area (Å²) in [6.45, 7) is 0.560. The van der Waals surface area contributed by atoms with E-state index in [-0.39, 0.29) is 0 Å². The van der Waals surface area contributed by atoms with Crippen LogP contribution in [0.15, 0.2) is 0 Å². The second-order valence-corrected chi connectivity index (χ2v) is 2.01. The van der Waals surface area contributed by atoms with Crippen molar-refractivity contribution >= 4 is 17.7 Å². The SMILES string of the molecule is O=C1CNSC1. The van der Waals surface area contributed by atoms with Gasteiger partial charge in [-0.2, -0.15) is 0 Å². The van der Waals surface area contributed by atoms with Crippen LogP contribution in [0.4, 0.5) is 0 Å². The predicted octanol–water partition coefficient (Wildman–Crippen LogP) is -0.193. The highest BCUT2D eigenvalue weighted by Gasteiger charge is 2.07. The minimum absolute atomic E-state index is 0.306. The molecule has 0 aromatic carbocycles. The Hall–Kier alpha value is -0.0200. The molecule has 1 aliphatic heterocycles. The maximum atomic E-state index is 10.2. The van der Waals surface area contributed by atoms with E-state index in [1.54, 1.807) is 0 Å². The molecule has 34 valence electrons. The van der Waals surface area contributed by atoms with Gasteiger partial charge in [-0.15, -0.1) is 0 Å². The second kappa shape index (κ2) is 1.62. The van der Waals surface area contributed by atoms with Gasteiger partial charge in [0, 0.05) is 0 Å². The number of rotatable bonds is 0. The zero-order valence-corrected chi connectivity index (χ0v) is 4.05. The molecule has 1 heterocycles. The van der Waals surface area contributed by atoms with Gasteiger partial charge in [0.2, 0.25) is 0 Å². The lowest BCUT2D eigenvalue weighted by molar-refractivity contribution is -0.115. The van der Waals surface area contributed by atoms with Crippen LogP contribution in [0.1, 0.15) is 0 Å². The number of carbonyl (C=O) groups excluding carboxylic acids is 1. The Morgan fingerprint density at radius 1 is 1.83 bits per heavy atom. The first-order valence-corrected chi connectivity index (χ1v) is 2.74. The normalized spacial score (nSPS) is 22.3. The molecule has 0 atom stereocenters. The maximum Gasteiger partial charge on any atom is 0.158 e. The third-order valence-electron chi connectivity index (χ3n) is 0.605. The lowest BCUT2D eigenvalue weighted by atomic mass is 10.5. The van der Waals surface area contributed by atoms with Crippen molar-refractivity contribution in [2.24, 2.45) is 0 Å². The number of nitrogens with one attached hydrogen (secondary N) is 1. The third kappa shape index (κ3) is 0.725. The van der Waals surface area contributed by atoms with Crippen LogP contribution >= 0.6 is 11.9 Å². The van der Waals surface area contributed by atoms with E-state index in [0.717, 1.165) is 0 Å². The summed E-state index contributed by atoms with van der Waals surface area (Å²) in [7, 11) is 0. The largest absolute Gasteiger partial charge is 0.297 e. The molecule has 0 aromatic heterocycles. The number of carbonyl (C=O) groups is 1. The van der Waals surface area contributed by atoms with Crippen LogP contribution in [0.2, 0.25) is 0 Å². The van der Waals surface area contributed by atoms with E-state index in [4.69, 9.17) is 0 Å². The van der Waals surface area contributed by atoms with Gasteiger partial charge in [0.1, 0.15) is 0 Å². The molecule has 0 radical (unpaired) electrons. The van der Waals surface area contributed by atoms with Gasteiger partial charge in [0.25, 0.3) is 0 Å². The first-order valence-electron chi connectivity index (χ1n) is 1.76. The summed E-state index contributed by atoms with van der Waals surface area (Å²) in [5.74, 6) is 0.958. The molecule has 1 N–H and O–H groups in total. The van der Waals surface area contributed by atoms with Crippen LogP contribution < -0.4 is 4.72 Å². The van der Waals surface area contributed by atoms with Crippen LogP contribution in [0.5, 0.6) is 0 Å². The highest BCUT2D eigenvalue weighted by molar-refractivity contribution is 7.98. The molecule has 0 aromatic rings. The highest BCUT2D eigenvalue weighted by Crippen LogP contribution is 1.99. The van der Waals surface area contributed by atoms with Crippen LogP contribution in [0.3, 0.4) is 0 Å². The van der Waals surface area contributed by atoms with Gasteiger partial charge in [0.05, 0.1) is 12.3 Å². The molecule has 1 rings (SSSR count). The maximum absolute atomic E-state index is 10.2. The van der Waals surface area contributed by atoms with Gasteiger partial charge in [-0.3, -0.25) is 9.52 Å². The van der Waals surface area contributed by atoms with Crippen molar-refractivity contribution in [2.75, 3.05) is 12.3 Å². The molecule has 3 heteroatoms. The number of ketones is 1. The molecule has 0 spiro atoms. The van der Waals surface area contributed by atoms with Crippen LogP contribution in [-0.2, 0) is 4.79 Å². The number of Topliss-reactive ketones (excluding diaryl/α,β-unsaturated/α-hetero) is 1. The summed E-state index contributed by atoms with van der Waals surface area (Å²) in [5.41, 5.74) is 0. The molecule has 6 heavy (non-hydrogen) atoms.